The number of nitrogens with zero attached hydrogens (tertiary/aromatic N) is 4. The van der Waals surface area contributed by atoms with E-state index < -0.39 is 6.56 Å². The topological polar surface area (TPSA) is 59.5 Å². The fourth-order valence-electron chi connectivity index (χ4n) is 4.36. The molecule has 7 nitrogen and oxygen atoms in total. The van der Waals surface area contributed by atoms with Crippen molar-refractivity contribution in [1.29, 1.82) is 0 Å². The number of piperazine rings is 2. The molecular weight excluding hydrogens is 499 g/mol. The van der Waals surface area contributed by atoms with Gasteiger partial charge in [0.15, 0.2) is 0 Å². The summed E-state index contributed by atoms with van der Waals surface area (Å²) in [4.78, 5) is 20.2. The van der Waals surface area contributed by atoms with Crippen molar-refractivity contribution in [2.24, 2.45) is 0 Å². The maximum absolute atomic E-state index is 11.1. The summed E-state index contributed by atoms with van der Waals surface area (Å²) < 4.78 is 18.9. The summed E-state index contributed by atoms with van der Waals surface area (Å²) in [5.74, 6) is -0.141. The number of methoxy groups -OCH3 is 1. The molecule has 0 aromatic heterocycles. The van der Waals surface area contributed by atoms with Crippen LogP contribution in [0.2, 0.25) is 10.0 Å². The van der Waals surface area contributed by atoms with Gasteiger partial charge in [-0.15, -0.1) is 0 Å². The van der Waals surface area contributed by atoms with Gasteiger partial charge in [-0.1, -0.05) is 35.3 Å². The van der Waals surface area contributed by atoms with Crippen LogP contribution in [0.5, 0.6) is 0 Å². The quantitative estimate of drug-likeness (QED) is 0.512. The summed E-state index contributed by atoms with van der Waals surface area (Å²) in [7, 11) is 1.43. The van der Waals surface area contributed by atoms with E-state index in [-0.39, 0.29) is 12.4 Å². The lowest BCUT2D eigenvalue weighted by atomic mass is 10.2. The summed E-state index contributed by atoms with van der Waals surface area (Å²) in [5.41, 5.74) is 2.30. The van der Waals surface area contributed by atoms with Gasteiger partial charge >= 0.3 is 5.97 Å². The third-order valence-corrected chi connectivity index (χ3v) is 6.96. The average Bonchev–Trinajstić information content (AvgIpc) is 2.91. The van der Waals surface area contributed by atoms with Crippen LogP contribution < -0.4 is 9.80 Å². The number of hydrogen-bond donors (Lipinski definition) is 1. The van der Waals surface area contributed by atoms with Crippen molar-refractivity contribution in [3.8, 4) is 0 Å². The Morgan fingerprint density at radius 2 is 1.33 bits per heavy atom. The second-order valence-corrected chi connectivity index (χ2v) is 9.72. The summed E-state index contributed by atoms with van der Waals surface area (Å²) >= 11 is 12.0. The molecule has 4 rings (SSSR count). The van der Waals surface area contributed by atoms with E-state index in [0.717, 1.165) is 74.6 Å². The number of anilines is 2. The van der Waals surface area contributed by atoms with Gasteiger partial charge in [-0.3, -0.25) is 14.6 Å². The molecule has 0 radical (unpaired) electrons. The molecule has 36 heavy (non-hydrogen) atoms. The Morgan fingerprint density at radius 1 is 0.861 bits per heavy atom. The first kappa shape index (κ1) is 25.6. The number of hydrogen-bond acceptors (Lipinski definition) is 7. The van der Waals surface area contributed by atoms with Gasteiger partial charge in [0.25, 0.3) is 0 Å². The number of carbonyl (C=O) groups excluding carboxylic acids is 1. The third kappa shape index (κ3) is 9.45. The van der Waals surface area contributed by atoms with E-state index in [1.165, 1.54) is 12.8 Å². The minimum absolute atomic E-state index is 0.141. The van der Waals surface area contributed by atoms with Gasteiger partial charge in [0, 0.05) is 93.4 Å². The standard InChI is InChI=1S/C14H19ClN2O2.C13H19ClN2O/c1-19-14(18)5-6-16-7-9-17(10-8-16)13-4-2-3-12(15)11-13;14-12-3-1-4-13(11-12)16-8-6-15(7-9-16)5-2-10-17/h2-4,11H,5-10H2,1H3;1,3-4,11,17H,2,5-10H2/i;10D2. The third-order valence-electron chi connectivity index (χ3n) is 6.49. The minimum atomic E-state index is -2.07. The minimum Gasteiger partial charge on any atom is -0.469 e. The van der Waals surface area contributed by atoms with Gasteiger partial charge in [0.1, 0.15) is 0 Å². The number of benzene rings is 2. The van der Waals surface area contributed by atoms with Gasteiger partial charge in [0.2, 0.25) is 0 Å². The summed E-state index contributed by atoms with van der Waals surface area (Å²) in [6.07, 6.45) is 0.623. The molecule has 0 amide bonds. The summed E-state index contributed by atoms with van der Waals surface area (Å²) in [6, 6.07) is 15.8. The lowest BCUT2D eigenvalue weighted by Gasteiger charge is -2.36. The van der Waals surface area contributed by atoms with Crippen molar-refractivity contribution in [1.82, 2.24) is 9.80 Å². The normalized spacial score (nSPS) is 18.1. The summed E-state index contributed by atoms with van der Waals surface area (Å²) in [6.45, 7) is 6.69. The zero-order valence-corrected chi connectivity index (χ0v) is 22.4. The predicted molar refractivity (Wildman–Crippen MR) is 149 cm³/mol. The van der Waals surface area contributed by atoms with Gasteiger partial charge in [-0.25, -0.2) is 0 Å². The maximum Gasteiger partial charge on any atom is 0.306 e. The van der Waals surface area contributed by atoms with Crippen molar-refractivity contribution >= 4 is 40.5 Å². The van der Waals surface area contributed by atoms with Crippen molar-refractivity contribution in [3.05, 3.63) is 58.6 Å². The zero-order chi connectivity index (χ0) is 27.5. The van der Waals surface area contributed by atoms with Gasteiger partial charge in [-0.2, -0.15) is 0 Å². The van der Waals surface area contributed by atoms with Crippen LogP contribution in [0.4, 0.5) is 11.4 Å². The monoisotopic (exact) mass is 538 g/mol. The molecule has 2 aliphatic heterocycles. The second-order valence-electron chi connectivity index (χ2n) is 8.85. The van der Waals surface area contributed by atoms with Crippen molar-refractivity contribution in [3.63, 3.8) is 0 Å². The lowest BCUT2D eigenvalue weighted by molar-refractivity contribution is -0.141. The van der Waals surface area contributed by atoms with Crippen LogP contribution in [0.15, 0.2) is 48.5 Å². The Labute approximate surface area is 227 Å². The molecule has 0 saturated carbocycles. The molecule has 0 spiro atoms. The number of rotatable bonds is 8. The molecule has 0 bridgehead atoms. The van der Waals surface area contributed by atoms with Crippen LogP contribution in [-0.4, -0.2) is 100.0 Å². The molecule has 2 aromatic rings. The van der Waals surface area contributed by atoms with Crippen LogP contribution in [0, 0.1) is 0 Å². The predicted octanol–water partition coefficient (Wildman–Crippen LogP) is 3.87. The molecule has 2 aromatic carbocycles. The fourth-order valence-corrected chi connectivity index (χ4v) is 4.73. The summed E-state index contributed by atoms with van der Waals surface area (Å²) in [5, 5.41) is 10.6. The molecule has 0 aliphatic carbocycles. The molecular formula is C27H38Cl2N4O3. The van der Waals surface area contributed by atoms with Crippen molar-refractivity contribution in [2.45, 2.75) is 12.8 Å². The highest BCUT2D eigenvalue weighted by molar-refractivity contribution is 6.31. The molecule has 2 saturated heterocycles. The highest BCUT2D eigenvalue weighted by Gasteiger charge is 2.18. The maximum atomic E-state index is 11.1. The zero-order valence-electron chi connectivity index (χ0n) is 22.9. The van der Waals surface area contributed by atoms with Crippen LogP contribution in [0.3, 0.4) is 0 Å². The second kappa shape index (κ2) is 15.3. The van der Waals surface area contributed by atoms with E-state index in [0.29, 0.717) is 13.0 Å². The lowest BCUT2D eigenvalue weighted by Crippen LogP contribution is -2.46. The molecule has 198 valence electrons. The van der Waals surface area contributed by atoms with Gasteiger partial charge in [0.05, 0.1) is 16.3 Å². The number of halogens is 2. The molecule has 0 atom stereocenters. The smallest absolute Gasteiger partial charge is 0.306 e. The first-order valence-corrected chi connectivity index (χ1v) is 13.1. The Hall–Kier alpha value is -2.03. The Kier molecular flexibility index (Phi) is 10.9. The van der Waals surface area contributed by atoms with Crippen LogP contribution >= 0.6 is 23.2 Å². The van der Waals surface area contributed by atoms with E-state index in [2.05, 4.69) is 30.4 Å². The number of ether oxygens (including phenoxy) is 1. The molecule has 2 fully saturated rings. The first-order valence-electron chi connectivity index (χ1n) is 13.4. The van der Waals surface area contributed by atoms with Gasteiger partial charge < -0.3 is 19.6 Å². The Morgan fingerprint density at radius 3 is 1.75 bits per heavy atom. The van der Waals surface area contributed by atoms with E-state index in [1.54, 1.807) is 0 Å². The average molecular weight is 540 g/mol. The fraction of sp³-hybridized carbons (Fsp3) is 0.519. The van der Waals surface area contributed by atoms with Crippen LogP contribution in [0.1, 0.15) is 15.6 Å². The number of esters is 1. The van der Waals surface area contributed by atoms with E-state index in [1.807, 2.05) is 42.5 Å². The number of carbonyl (C=O) groups is 1. The van der Waals surface area contributed by atoms with Crippen LogP contribution in [-0.2, 0) is 9.53 Å². The van der Waals surface area contributed by atoms with Gasteiger partial charge in [-0.05, 0) is 42.8 Å². The van der Waals surface area contributed by atoms with E-state index in [9.17, 15) is 4.79 Å². The molecule has 0 unspecified atom stereocenters. The molecule has 2 heterocycles. The van der Waals surface area contributed by atoms with Crippen molar-refractivity contribution in [2.75, 3.05) is 88.9 Å². The highest BCUT2D eigenvalue weighted by Crippen LogP contribution is 2.22. The number of aliphatic hydroxyl groups is 1. The molecule has 2 aliphatic rings. The van der Waals surface area contributed by atoms with Crippen molar-refractivity contribution < 1.29 is 17.4 Å². The Bertz CT molecular complexity index is 1010. The largest absolute Gasteiger partial charge is 0.469 e. The first-order chi connectivity index (χ1) is 18.1. The highest BCUT2D eigenvalue weighted by atomic mass is 35.5. The molecule has 1 N–H and O–H groups in total. The molecule has 9 heteroatoms. The van der Waals surface area contributed by atoms with E-state index >= 15 is 0 Å². The Balaban J connectivity index is 0.000000211. The van der Waals surface area contributed by atoms with Crippen LogP contribution in [0.25, 0.3) is 0 Å². The van der Waals surface area contributed by atoms with E-state index in [4.69, 9.17) is 31.0 Å². The SMILES string of the molecule is COC(=O)CCN1CCN(c2cccc(Cl)c2)CC1.[2H]C([2H])(O)CCN1CCN(c2cccc(Cl)c2)CC1.